The zero-order valence-corrected chi connectivity index (χ0v) is 12.9. The third-order valence-electron chi connectivity index (χ3n) is 6.14. The molecule has 1 aromatic carbocycles. The maximum absolute atomic E-state index is 12.7. The monoisotopic (exact) mass is 302 g/mol. The molecule has 1 unspecified atom stereocenters. The number of likely N-dealkylation sites (N-methyl/N-ethyl adjacent to an activating group) is 1. The van der Waals surface area contributed by atoms with Gasteiger partial charge in [-0.3, -0.25) is 4.79 Å². The highest BCUT2D eigenvalue weighted by Gasteiger charge is 2.65. The van der Waals surface area contributed by atoms with Crippen LogP contribution in [0.1, 0.15) is 34.5 Å². The molecule has 4 nitrogen and oxygen atoms in total. The van der Waals surface area contributed by atoms with Crippen LogP contribution in [0.3, 0.4) is 0 Å². The number of Topliss-reactive ketones (excluding diaryl/α,β-unsaturated/α-hetero) is 1. The molecule has 2 aliphatic carbocycles. The number of carbonyl (C=O) groups excluding carboxylic acids is 1. The normalized spacial score (nSPS) is 43.7. The van der Waals surface area contributed by atoms with Crippen molar-refractivity contribution in [2.75, 3.05) is 20.7 Å². The Balaban J connectivity index is 1.90. The Morgan fingerprint density at radius 2 is 2.41 bits per heavy atom. The standard InChI is InChI=1S/C18H21NO3/c1-19-8-7-18-11-4-5-13(20)17(18)22-16-14(21-2)6-3-10(15(16)18)9-12(11)19/h3,6,11-12,17H,4-5,7-9H2,1-2H3/t11-,12+,17?,18-/m0/s1/i3D,6D,12D. The quantitative estimate of drug-likeness (QED) is 0.794. The van der Waals surface area contributed by atoms with Gasteiger partial charge in [-0.2, -0.15) is 0 Å². The van der Waals surface area contributed by atoms with Crippen molar-refractivity contribution in [1.29, 1.82) is 0 Å². The number of methoxy groups -OCH3 is 1. The fourth-order valence-corrected chi connectivity index (χ4v) is 5.22. The van der Waals surface area contributed by atoms with Crippen molar-refractivity contribution < 1.29 is 18.4 Å². The van der Waals surface area contributed by atoms with E-state index in [0.717, 1.165) is 18.5 Å². The van der Waals surface area contributed by atoms with E-state index in [4.69, 9.17) is 12.2 Å². The van der Waals surface area contributed by atoms with E-state index in [9.17, 15) is 6.17 Å². The third-order valence-corrected chi connectivity index (χ3v) is 6.14. The van der Waals surface area contributed by atoms with Crippen LogP contribution < -0.4 is 9.47 Å². The number of ketones is 1. The highest BCUT2D eigenvalue weighted by Crippen LogP contribution is 2.62. The molecule has 1 saturated carbocycles. The maximum atomic E-state index is 12.7. The van der Waals surface area contributed by atoms with Gasteiger partial charge >= 0.3 is 0 Å². The van der Waals surface area contributed by atoms with E-state index in [1.807, 2.05) is 7.05 Å². The molecule has 1 saturated heterocycles. The second kappa shape index (κ2) is 4.05. The van der Waals surface area contributed by atoms with Crippen LogP contribution in [0.2, 0.25) is 0 Å². The van der Waals surface area contributed by atoms with Gasteiger partial charge in [-0.05, 0) is 50.4 Å². The smallest absolute Gasteiger partial charge is 0.174 e. The van der Waals surface area contributed by atoms with Crippen molar-refractivity contribution in [3.05, 3.63) is 23.2 Å². The minimum Gasteiger partial charge on any atom is -0.493 e. The molecule has 0 N–H and O–H groups in total. The molecule has 1 spiro atoms. The van der Waals surface area contributed by atoms with E-state index in [1.165, 1.54) is 7.11 Å². The number of carbonyl (C=O) groups is 1. The van der Waals surface area contributed by atoms with E-state index in [1.54, 1.807) is 0 Å². The molecular formula is C18H21NO3. The lowest BCUT2D eigenvalue weighted by Crippen LogP contribution is -2.65. The first-order chi connectivity index (χ1) is 11.9. The molecule has 4 atom stereocenters. The van der Waals surface area contributed by atoms with Crippen LogP contribution in [0.4, 0.5) is 0 Å². The minimum atomic E-state index is -0.855. The van der Waals surface area contributed by atoms with E-state index >= 15 is 0 Å². The summed E-state index contributed by atoms with van der Waals surface area (Å²) in [6.07, 6.45) is 1.65. The Bertz CT molecular complexity index is 829. The second-order valence-corrected chi connectivity index (χ2v) is 6.90. The molecule has 4 heteroatoms. The number of likely N-dealkylation sites (tertiary alicyclic amines) is 1. The minimum absolute atomic E-state index is 0.00381. The molecular weight excluding hydrogens is 278 g/mol. The van der Waals surface area contributed by atoms with Crippen LogP contribution in [-0.2, 0) is 16.6 Å². The van der Waals surface area contributed by atoms with Gasteiger partial charge < -0.3 is 14.4 Å². The maximum Gasteiger partial charge on any atom is 0.174 e. The Hall–Kier alpha value is -1.55. The predicted octanol–water partition coefficient (Wildman–Crippen LogP) is 1.93. The topological polar surface area (TPSA) is 38.8 Å². The van der Waals surface area contributed by atoms with Gasteiger partial charge in [0.15, 0.2) is 23.4 Å². The van der Waals surface area contributed by atoms with Crippen LogP contribution in [0.15, 0.2) is 12.1 Å². The van der Waals surface area contributed by atoms with E-state index < -0.39 is 17.5 Å². The fraction of sp³-hybridized carbons (Fsp3) is 0.611. The first kappa shape index (κ1) is 10.3. The van der Waals surface area contributed by atoms with E-state index in [2.05, 4.69) is 4.90 Å². The summed E-state index contributed by atoms with van der Waals surface area (Å²) in [5.41, 5.74) is 1.06. The summed E-state index contributed by atoms with van der Waals surface area (Å²) in [7, 11) is 3.44. The Kier molecular flexibility index (Phi) is 1.89. The summed E-state index contributed by atoms with van der Waals surface area (Å²) in [6, 6.07) is -0.754. The highest BCUT2D eigenvalue weighted by molar-refractivity contribution is 5.89. The lowest BCUT2D eigenvalue weighted by Gasteiger charge is -2.57. The van der Waals surface area contributed by atoms with Crippen molar-refractivity contribution in [3.8, 4) is 11.5 Å². The second-order valence-electron chi connectivity index (χ2n) is 6.90. The lowest BCUT2D eigenvalue weighted by molar-refractivity contribution is -0.138. The molecule has 0 amide bonds. The zero-order valence-electron chi connectivity index (χ0n) is 15.9. The first-order valence-electron chi connectivity index (χ1n) is 9.47. The largest absolute Gasteiger partial charge is 0.493 e. The average molecular weight is 302 g/mol. The molecule has 4 aliphatic rings. The van der Waals surface area contributed by atoms with E-state index in [0.29, 0.717) is 30.6 Å². The van der Waals surface area contributed by atoms with Crippen molar-refractivity contribution >= 4 is 5.78 Å². The Morgan fingerprint density at radius 3 is 3.23 bits per heavy atom. The molecule has 116 valence electrons. The van der Waals surface area contributed by atoms with Gasteiger partial charge in [0.25, 0.3) is 0 Å². The lowest BCUT2D eigenvalue weighted by atomic mass is 9.52. The SMILES string of the molecule is [2H]c1c([2H])c(OC)c2c3c1C[C@]1([2H])[C@@H]4CCC(=O)C(O2)[C@]34CCN1C. The molecule has 0 aromatic heterocycles. The number of benzene rings is 1. The molecule has 1 aromatic rings. The van der Waals surface area contributed by atoms with Crippen LogP contribution >= 0.6 is 0 Å². The molecule has 0 radical (unpaired) electrons. The van der Waals surface area contributed by atoms with Crippen molar-refractivity contribution in [3.63, 3.8) is 0 Å². The summed E-state index contributed by atoms with van der Waals surface area (Å²) in [5, 5.41) is 0. The van der Waals surface area contributed by atoms with Gasteiger partial charge in [0.2, 0.25) is 0 Å². The third kappa shape index (κ3) is 1.27. The molecule has 2 fully saturated rings. The van der Waals surface area contributed by atoms with Crippen molar-refractivity contribution in [1.82, 2.24) is 4.90 Å². The number of piperidine rings is 1. The van der Waals surface area contributed by atoms with Gasteiger partial charge in [-0.15, -0.1) is 0 Å². The van der Waals surface area contributed by atoms with E-state index in [-0.39, 0.29) is 29.5 Å². The summed E-state index contributed by atoms with van der Waals surface area (Å²) >= 11 is 0. The number of ether oxygens (including phenoxy) is 2. The molecule has 2 bridgehead atoms. The highest BCUT2D eigenvalue weighted by atomic mass is 16.5. The molecule has 5 rings (SSSR count). The van der Waals surface area contributed by atoms with Crippen LogP contribution in [-0.4, -0.2) is 43.5 Å². The molecule has 2 heterocycles. The average Bonchev–Trinajstić information content (AvgIpc) is 2.92. The van der Waals surface area contributed by atoms with Crippen LogP contribution in [0, 0.1) is 5.92 Å². The van der Waals surface area contributed by atoms with Gasteiger partial charge in [0.1, 0.15) is 0 Å². The van der Waals surface area contributed by atoms with Crippen molar-refractivity contribution in [2.24, 2.45) is 5.92 Å². The number of hydrogen-bond donors (Lipinski definition) is 0. The summed E-state index contributed by atoms with van der Waals surface area (Å²) in [4.78, 5) is 14.8. The van der Waals surface area contributed by atoms with Crippen LogP contribution in [0.5, 0.6) is 11.5 Å². The predicted molar refractivity (Wildman–Crippen MR) is 81.6 cm³/mol. The van der Waals surface area contributed by atoms with Crippen LogP contribution in [0.25, 0.3) is 0 Å². The summed E-state index contributed by atoms with van der Waals surface area (Å²) in [6.45, 7) is 0.726. The number of rotatable bonds is 1. The summed E-state index contributed by atoms with van der Waals surface area (Å²) in [5.74, 6) is 0.814. The van der Waals surface area contributed by atoms with Gasteiger partial charge in [0, 0.05) is 24.8 Å². The fourth-order valence-electron chi connectivity index (χ4n) is 5.22. The zero-order chi connectivity index (χ0) is 17.7. The molecule has 2 aliphatic heterocycles. The Labute approximate surface area is 134 Å². The number of nitrogens with zero attached hydrogens (tertiary/aromatic N) is 1. The summed E-state index contributed by atoms with van der Waals surface area (Å²) < 4.78 is 37.6. The van der Waals surface area contributed by atoms with Crippen molar-refractivity contribution in [2.45, 2.75) is 43.2 Å². The Morgan fingerprint density at radius 1 is 1.55 bits per heavy atom. The van der Waals surface area contributed by atoms with Gasteiger partial charge in [0.05, 0.1) is 9.85 Å². The van der Waals surface area contributed by atoms with Gasteiger partial charge in [-0.1, -0.05) is 6.04 Å². The first-order valence-corrected chi connectivity index (χ1v) is 7.97. The van der Waals surface area contributed by atoms with Gasteiger partial charge in [-0.25, -0.2) is 0 Å². The molecule has 22 heavy (non-hydrogen) atoms. The number of hydrogen-bond acceptors (Lipinski definition) is 4.